The lowest BCUT2D eigenvalue weighted by molar-refractivity contribution is 0.0943. The molecule has 4 rings (SSSR count). The number of hydrogen-bond acceptors (Lipinski definition) is 6. The number of carbonyl (C=O) groups is 1. The van der Waals surface area contributed by atoms with Gasteiger partial charge in [0.05, 0.1) is 18.4 Å². The standard InChI is InChI=1S/C17H23N7O2/c1-22-16(25)6-13(8-20-22)23-4-2-12(10-23)7-19-17(26)14-11-24-5-3-18-9-15(24)21-14/h6,8,11-12,18H,2-5,7,9-10H2,1H3,(H,19,26)/t12-/m1/s1. The van der Waals surface area contributed by atoms with E-state index in [0.717, 1.165) is 44.1 Å². The molecule has 138 valence electrons. The largest absolute Gasteiger partial charge is 0.370 e. The second kappa shape index (κ2) is 6.91. The molecule has 9 nitrogen and oxygen atoms in total. The smallest absolute Gasteiger partial charge is 0.271 e. The Kier molecular flexibility index (Phi) is 4.46. The van der Waals surface area contributed by atoms with E-state index >= 15 is 0 Å². The lowest BCUT2D eigenvalue weighted by Gasteiger charge is -2.18. The Labute approximate surface area is 151 Å². The predicted molar refractivity (Wildman–Crippen MR) is 96.1 cm³/mol. The fourth-order valence-corrected chi connectivity index (χ4v) is 3.49. The van der Waals surface area contributed by atoms with Crippen LogP contribution in [0.25, 0.3) is 0 Å². The van der Waals surface area contributed by atoms with Crippen LogP contribution in [0.2, 0.25) is 0 Å². The average Bonchev–Trinajstić information content (AvgIpc) is 3.28. The van der Waals surface area contributed by atoms with Gasteiger partial charge in [0, 0.05) is 52.0 Å². The maximum atomic E-state index is 12.4. The SMILES string of the molecule is Cn1ncc(N2CC[C@H](CNC(=O)c3cn4c(n3)CNCC4)C2)cc1=O. The summed E-state index contributed by atoms with van der Waals surface area (Å²) in [6, 6.07) is 1.61. The molecule has 1 fully saturated rings. The molecule has 1 atom stereocenters. The number of imidazole rings is 1. The van der Waals surface area contributed by atoms with Gasteiger partial charge in [-0.3, -0.25) is 9.59 Å². The molecule has 2 aromatic heterocycles. The van der Waals surface area contributed by atoms with E-state index in [4.69, 9.17) is 0 Å². The van der Waals surface area contributed by atoms with Crippen molar-refractivity contribution in [3.05, 3.63) is 40.3 Å². The first-order valence-corrected chi connectivity index (χ1v) is 8.93. The number of hydrogen-bond donors (Lipinski definition) is 2. The fraction of sp³-hybridized carbons (Fsp3) is 0.529. The Morgan fingerprint density at radius 1 is 1.42 bits per heavy atom. The second-order valence-electron chi connectivity index (χ2n) is 6.90. The van der Waals surface area contributed by atoms with Crippen molar-refractivity contribution in [2.24, 2.45) is 13.0 Å². The van der Waals surface area contributed by atoms with Crippen LogP contribution in [0.15, 0.2) is 23.3 Å². The van der Waals surface area contributed by atoms with E-state index in [9.17, 15) is 9.59 Å². The van der Waals surface area contributed by atoms with Crippen LogP contribution >= 0.6 is 0 Å². The van der Waals surface area contributed by atoms with E-state index in [2.05, 4.69) is 25.6 Å². The van der Waals surface area contributed by atoms with Crippen LogP contribution in [0.3, 0.4) is 0 Å². The Morgan fingerprint density at radius 3 is 3.12 bits per heavy atom. The van der Waals surface area contributed by atoms with E-state index < -0.39 is 0 Å². The van der Waals surface area contributed by atoms with Crippen LogP contribution < -0.4 is 21.1 Å². The maximum absolute atomic E-state index is 12.4. The lowest BCUT2D eigenvalue weighted by Crippen LogP contribution is -2.31. The highest BCUT2D eigenvalue weighted by Gasteiger charge is 2.24. The van der Waals surface area contributed by atoms with Crippen LogP contribution in [0.4, 0.5) is 5.69 Å². The van der Waals surface area contributed by atoms with Gasteiger partial charge in [-0.15, -0.1) is 0 Å². The number of nitrogens with zero attached hydrogens (tertiary/aromatic N) is 5. The number of fused-ring (bicyclic) bond motifs is 1. The van der Waals surface area contributed by atoms with Crippen molar-refractivity contribution in [3.63, 3.8) is 0 Å². The summed E-state index contributed by atoms with van der Waals surface area (Å²) in [7, 11) is 1.64. The quantitative estimate of drug-likeness (QED) is 0.754. The number of nitrogens with one attached hydrogen (secondary N) is 2. The Morgan fingerprint density at radius 2 is 2.31 bits per heavy atom. The zero-order valence-electron chi connectivity index (χ0n) is 14.8. The normalized spacial score (nSPS) is 19.4. The first-order valence-electron chi connectivity index (χ1n) is 8.93. The van der Waals surface area contributed by atoms with E-state index in [0.29, 0.717) is 24.7 Å². The van der Waals surface area contributed by atoms with Crippen LogP contribution in [-0.4, -0.2) is 51.4 Å². The van der Waals surface area contributed by atoms with Crippen LogP contribution in [0.5, 0.6) is 0 Å². The summed E-state index contributed by atoms with van der Waals surface area (Å²) >= 11 is 0. The zero-order valence-corrected chi connectivity index (χ0v) is 14.8. The van der Waals surface area contributed by atoms with Crippen molar-refractivity contribution in [2.75, 3.05) is 31.1 Å². The number of rotatable bonds is 4. The summed E-state index contributed by atoms with van der Waals surface area (Å²) in [5.41, 5.74) is 1.21. The van der Waals surface area contributed by atoms with Gasteiger partial charge < -0.3 is 20.1 Å². The molecule has 0 saturated carbocycles. The molecule has 26 heavy (non-hydrogen) atoms. The molecule has 0 aromatic carbocycles. The van der Waals surface area contributed by atoms with E-state index in [-0.39, 0.29) is 11.5 Å². The molecule has 4 heterocycles. The van der Waals surface area contributed by atoms with Gasteiger partial charge in [-0.05, 0) is 12.3 Å². The Balaban J connectivity index is 1.32. The van der Waals surface area contributed by atoms with Crippen molar-refractivity contribution in [1.82, 2.24) is 30.0 Å². The first kappa shape index (κ1) is 16.8. The van der Waals surface area contributed by atoms with E-state index in [1.165, 1.54) is 4.68 Å². The average molecular weight is 357 g/mol. The van der Waals surface area contributed by atoms with Gasteiger partial charge in [0.2, 0.25) is 0 Å². The fourth-order valence-electron chi connectivity index (χ4n) is 3.49. The number of aromatic nitrogens is 4. The third-order valence-electron chi connectivity index (χ3n) is 5.06. The lowest BCUT2D eigenvalue weighted by atomic mass is 10.1. The molecule has 0 bridgehead atoms. The van der Waals surface area contributed by atoms with Crippen LogP contribution in [-0.2, 0) is 20.1 Å². The van der Waals surface area contributed by atoms with Crippen molar-refractivity contribution in [2.45, 2.75) is 19.5 Å². The molecule has 0 aliphatic carbocycles. The van der Waals surface area contributed by atoms with Crippen LogP contribution in [0, 0.1) is 5.92 Å². The number of anilines is 1. The molecular weight excluding hydrogens is 334 g/mol. The summed E-state index contributed by atoms with van der Waals surface area (Å²) in [5, 5.41) is 10.3. The minimum Gasteiger partial charge on any atom is -0.370 e. The number of carbonyl (C=O) groups excluding carboxylic acids is 1. The van der Waals surface area contributed by atoms with Gasteiger partial charge in [-0.25, -0.2) is 9.67 Å². The summed E-state index contributed by atoms with van der Waals surface area (Å²) in [5.74, 6) is 1.13. The summed E-state index contributed by atoms with van der Waals surface area (Å²) in [6.45, 7) is 4.72. The predicted octanol–water partition coefficient (Wildman–Crippen LogP) is -0.664. The molecule has 0 spiro atoms. The number of amides is 1. The number of aryl methyl sites for hydroxylation is 1. The van der Waals surface area contributed by atoms with Gasteiger partial charge in [0.1, 0.15) is 11.5 Å². The van der Waals surface area contributed by atoms with Gasteiger partial charge in [0.25, 0.3) is 11.5 Å². The minimum absolute atomic E-state index is 0.113. The highest BCUT2D eigenvalue weighted by atomic mass is 16.2. The molecule has 2 aliphatic heterocycles. The topological polar surface area (TPSA) is 97.1 Å². The van der Waals surface area contributed by atoms with Gasteiger partial charge in [0.15, 0.2) is 0 Å². The van der Waals surface area contributed by atoms with Crippen LogP contribution in [0.1, 0.15) is 22.7 Å². The third kappa shape index (κ3) is 3.34. The zero-order chi connectivity index (χ0) is 18.1. The molecule has 2 aromatic rings. The van der Waals surface area contributed by atoms with Crippen molar-refractivity contribution < 1.29 is 4.79 Å². The third-order valence-corrected chi connectivity index (χ3v) is 5.06. The van der Waals surface area contributed by atoms with E-state index in [1.807, 2.05) is 10.8 Å². The van der Waals surface area contributed by atoms with Crippen molar-refractivity contribution >= 4 is 11.6 Å². The monoisotopic (exact) mass is 357 g/mol. The maximum Gasteiger partial charge on any atom is 0.271 e. The molecule has 9 heteroatoms. The van der Waals surface area contributed by atoms with Crippen molar-refractivity contribution in [1.29, 1.82) is 0 Å². The highest BCUT2D eigenvalue weighted by molar-refractivity contribution is 5.92. The van der Waals surface area contributed by atoms with Gasteiger partial charge in [-0.1, -0.05) is 0 Å². The molecule has 2 N–H and O–H groups in total. The van der Waals surface area contributed by atoms with Gasteiger partial charge >= 0.3 is 0 Å². The van der Waals surface area contributed by atoms with E-state index in [1.54, 1.807) is 19.3 Å². The summed E-state index contributed by atoms with van der Waals surface area (Å²) in [4.78, 5) is 30.7. The molecule has 1 saturated heterocycles. The summed E-state index contributed by atoms with van der Waals surface area (Å²) < 4.78 is 3.35. The van der Waals surface area contributed by atoms with Crippen molar-refractivity contribution in [3.8, 4) is 0 Å². The molecule has 2 aliphatic rings. The Bertz CT molecular complexity index is 849. The first-order chi connectivity index (χ1) is 12.6. The Hall–Kier alpha value is -2.68. The molecule has 1 amide bonds. The molecule has 0 unspecified atom stereocenters. The second-order valence-corrected chi connectivity index (χ2v) is 6.90. The highest BCUT2D eigenvalue weighted by Crippen LogP contribution is 2.21. The molecular formula is C17H23N7O2. The van der Waals surface area contributed by atoms with Gasteiger partial charge in [-0.2, -0.15) is 5.10 Å². The summed E-state index contributed by atoms with van der Waals surface area (Å²) in [6.07, 6.45) is 4.52. The molecule has 0 radical (unpaired) electrons. The minimum atomic E-state index is -0.124.